The van der Waals surface area contributed by atoms with E-state index in [9.17, 15) is 18.0 Å². The molecule has 0 radical (unpaired) electrons. The second kappa shape index (κ2) is 8.29. The molecular weight excluding hydrogens is 423 g/mol. The summed E-state index contributed by atoms with van der Waals surface area (Å²) in [5.41, 5.74) is -0.316. The van der Waals surface area contributed by atoms with Crippen LogP contribution in [0, 0.1) is 0 Å². The maximum Gasteiger partial charge on any atom is 0.416 e. The van der Waals surface area contributed by atoms with Crippen LogP contribution in [0.1, 0.15) is 34.7 Å². The third-order valence-corrected chi connectivity index (χ3v) is 4.77. The van der Waals surface area contributed by atoms with Gasteiger partial charge in [0, 0.05) is 10.9 Å². The highest BCUT2D eigenvalue weighted by Crippen LogP contribution is 2.33. The lowest BCUT2D eigenvalue weighted by Gasteiger charge is -2.13. The molecule has 0 saturated heterocycles. The summed E-state index contributed by atoms with van der Waals surface area (Å²) in [6.45, 7) is 1.76. The molecule has 0 aliphatic heterocycles. The minimum absolute atomic E-state index is 0.276. The van der Waals surface area contributed by atoms with Gasteiger partial charge < -0.3 is 10.1 Å². The molecule has 3 aromatic carbocycles. The number of fused-ring (bicyclic) bond motifs is 1. The number of amides is 1. The van der Waals surface area contributed by atoms with Crippen molar-refractivity contribution in [3.8, 4) is 11.5 Å². The number of alkyl halides is 3. The average Bonchev–Trinajstić information content (AvgIpc) is 3.20. The molecule has 32 heavy (non-hydrogen) atoms. The van der Waals surface area contributed by atoms with Gasteiger partial charge >= 0.3 is 6.18 Å². The Morgan fingerprint density at radius 3 is 2.50 bits per heavy atom. The van der Waals surface area contributed by atoms with Gasteiger partial charge in [0.1, 0.15) is 11.5 Å². The SMILES string of the molecule is C[C@@H](NC(=O)c1ccc2c(Oc3ccc(C(F)(F)F)cc3)cccc2c1)c1nnn(C)n1. The van der Waals surface area contributed by atoms with Gasteiger partial charge in [-0.3, -0.25) is 4.79 Å². The molecule has 0 aliphatic rings. The Morgan fingerprint density at radius 1 is 1.09 bits per heavy atom. The summed E-state index contributed by atoms with van der Waals surface area (Å²) < 4.78 is 44.0. The molecule has 0 saturated carbocycles. The largest absolute Gasteiger partial charge is 0.457 e. The zero-order valence-electron chi connectivity index (χ0n) is 17.1. The van der Waals surface area contributed by atoms with Crippen molar-refractivity contribution < 1.29 is 22.7 Å². The molecule has 1 heterocycles. The Morgan fingerprint density at radius 2 is 1.84 bits per heavy atom. The number of tetrazole rings is 1. The molecule has 7 nitrogen and oxygen atoms in total. The lowest BCUT2D eigenvalue weighted by molar-refractivity contribution is -0.137. The van der Waals surface area contributed by atoms with Gasteiger partial charge in [-0.25, -0.2) is 0 Å². The molecule has 0 unspecified atom stereocenters. The van der Waals surface area contributed by atoms with E-state index in [1.807, 2.05) is 6.07 Å². The molecule has 1 N–H and O–H groups in total. The van der Waals surface area contributed by atoms with Gasteiger partial charge in [-0.15, -0.1) is 10.2 Å². The van der Waals surface area contributed by atoms with E-state index in [1.165, 1.54) is 16.9 Å². The maximum atomic E-state index is 12.7. The topological polar surface area (TPSA) is 81.9 Å². The van der Waals surface area contributed by atoms with Crippen molar-refractivity contribution in [1.82, 2.24) is 25.5 Å². The molecule has 0 aliphatic carbocycles. The molecule has 164 valence electrons. The summed E-state index contributed by atoms with van der Waals surface area (Å²) in [6, 6.07) is 14.4. The molecule has 4 aromatic rings. The van der Waals surface area contributed by atoms with E-state index in [-0.39, 0.29) is 11.7 Å². The van der Waals surface area contributed by atoms with Crippen LogP contribution in [0.3, 0.4) is 0 Å². The fourth-order valence-electron chi connectivity index (χ4n) is 3.14. The highest BCUT2D eigenvalue weighted by molar-refractivity contribution is 6.00. The Bertz CT molecular complexity index is 1270. The number of benzene rings is 3. The molecule has 0 bridgehead atoms. The fourth-order valence-corrected chi connectivity index (χ4v) is 3.14. The summed E-state index contributed by atoms with van der Waals surface area (Å²) in [4.78, 5) is 14.0. The summed E-state index contributed by atoms with van der Waals surface area (Å²) in [5, 5.41) is 16.0. The van der Waals surface area contributed by atoms with Crippen LogP contribution in [0.4, 0.5) is 13.2 Å². The second-order valence-corrected chi connectivity index (χ2v) is 7.15. The third-order valence-electron chi connectivity index (χ3n) is 4.77. The summed E-state index contributed by atoms with van der Waals surface area (Å²) in [7, 11) is 1.64. The first-order chi connectivity index (χ1) is 15.2. The second-order valence-electron chi connectivity index (χ2n) is 7.15. The first-order valence-corrected chi connectivity index (χ1v) is 9.63. The number of aryl methyl sites for hydroxylation is 1. The molecule has 1 atom stereocenters. The van der Waals surface area contributed by atoms with E-state index in [0.29, 0.717) is 22.5 Å². The van der Waals surface area contributed by atoms with Gasteiger partial charge in [-0.05, 0) is 66.1 Å². The molecule has 1 aromatic heterocycles. The number of ether oxygens (including phenoxy) is 1. The first kappa shape index (κ1) is 21.3. The predicted octanol–water partition coefficient (Wildman–Crippen LogP) is 4.67. The van der Waals surface area contributed by atoms with E-state index in [1.54, 1.807) is 44.3 Å². The summed E-state index contributed by atoms with van der Waals surface area (Å²) >= 11 is 0. The Kier molecular flexibility index (Phi) is 5.52. The van der Waals surface area contributed by atoms with Crippen molar-refractivity contribution >= 4 is 16.7 Å². The standard InChI is InChI=1S/C22H18F3N5O2/c1-13(20-27-29-30(2)28-20)26-21(31)15-6-11-18-14(12-15)4-3-5-19(18)32-17-9-7-16(8-10-17)22(23,24)25/h3-13H,1-2H3,(H,26,31)/t13-/m1/s1. The number of hydrogen-bond donors (Lipinski definition) is 1. The van der Waals surface area contributed by atoms with Crippen LogP contribution in [0.2, 0.25) is 0 Å². The average molecular weight is 441 g/mol. The van der Waals surface area contributed by atoms with Crippen LogP contribution in [-0.2, 0) is 13.2 Å². The van der Waals surface area contributed by atoms with Crippen LogP contribution in [-0.4, -0.2) is 26.1 Å². The number of aromatic nitrogens is 4. The van der Waals surface area contributed by atoms with Crippen LogP contribution < -0.4 is 10.1 Å². The normalized spacial score (nSPS) is 12.5. The van der Waals surface area contributed by atoms with Gasteiger partial charge in [-0.2, -0.15) is 18.0 Å². The van der Waals surface area contributed by atoms with Crippen LogP contribution in [0.25, 0.3) is 10.8 Å². The number of nitrogens with zero attached hydrogens (tertiary/aromatic N) is 4. The third kappa shape index (κ3) is 4.53. The van der Waals surface area contributed by atoms with E-state index in [4.69, 9.17) is 4.74 Å². The molecule has 1 amide bonds. The lowest BCUT2D eigenvalue weighted by atomic mass is 10.1. The number of halogens is 3. The zero-order valence-corrected chi connectivity index (χ0v) is 17.1. The van der Waals surface area contributed by atoms with Crippen molar-refractivity contribution in [3.63, 3.8) is 0 Å². The Labute approximate surface area is 180 Å². The highest BCUT2D eigenvalue weighted by atomic mass is 19.4. The molecule has 0 spiro atoms. The first-order valence-electron chi connectivity index (χ1n) is 9.63. The van der Waals surface area contributed by atoms with Gasteiger partial charge in [-0.1, -0.05) is 12.1 Å². The van der Waals surface area contributed by atoms with Gasteiger partial charge in [0.15, 0.2) is 5.82 Å². The smallest absolute Gasteiger partial charge is 0.416 e. The molecular formula is C22H18F3N5O2. The quantitative estimate of drug-likeness (QED) is 0.487. The van der Waals surface area contributed by atoms with E-state index in [2.05, 4.69) is 20.7 Å². The number of carbonyl (C=O) groups excluding carboxylic acids is 1. The van der Waals surface area contributed by atoms with Crippen LogP contribution in [0.5, 0.6) is 11.5 Å². The van der Waals surface area contributed by atoms with Crippen molar-refractivity contribution in [2.45, 2.75) is 19.1 Å². The molecule has 10 heteroatoms. The van der Waals surface area contributed by atoms with Crippen molar-refractivity contribution in [2.24, 2.45) is 7.05 Å². The summed E-state index contributed by atoms with van der Waals surface area (Å²) in [5.74, 6) is 0.832. The Balaban J connectivity index is 1.54. The maximum absolute atomic E-state index is 12.7. The van der Waals surface area contributed by atoms with Crippen LogP contribution in [0.15, 0.2) is 60.7 Å². The highest BCUT2D eigenvalue weighted by Gasteiger charge is 2.30. The predicted molar refractivity (Wildman–Crippen MR) is 110 cm³/mol. The zero-order chi connectivity index (χ0) is 22.9. The van der Waals surface area contributed by atoms with Crippen molar-refractivity contribution in [3.05, 3.63) is 77.6 Å². The van der Waals surface area contributed by atoms with E-state index in [0.717, 1.165) is 17.5 Å². The van der Waals surface area contributed by atoms with E-state index >= 15 is 0 Å². The van der Waals surface area contributed by atoms with Crippen molar-refractivity contribution in [1.29, 1.82) is 0 Å². The minimum atomic E-state index is -4.41. The Hall–Kier alpha value is -3.95. The number of rotatable bonds is 5. The number of nitrogens with one attached hydrogen (secondary N) is 1. The van der Waals surface area contributed by atoms with Gasteiger partial charge in [0.2, 0.25) is 0 Å². The monoisotopic (exact) mass is 441 g/mol. The molecule has 4 rings (SSSR count). The number of carbonyl (C=O) groups is 1. The van der Waals surface area contributed by atoms with Gasteiger partial charge in [0.05, 0.1) is 18.7 Å². The minimum Gasteiger partial charge on any atom is -0.457 e. The van der Waals surface area contributed by atoms with Gasteiger partial charge in [0.25, 0.3) is 5.91 Å². The molecule has 0 fully saturated rings. The van der Waals surface area contributed by atoms with Crippen molar-refractivity contribution in [2.75, 3.05) is 0 Å². The lowest BCUT2D eigenvalue weighted by Crippen LogP contribution is -2.27. The summed E-state index contributed by atoms with van der Waals surface area (Å²) in [6.07, 6.45) is -4.41. The fraction of sp³-hybridized carbons (Fsp3) is 0.182. The van der Waals surface area contributed by atoms with E-state index < -0.39 is 17.8 Å². The number of hydrogen-bond acceptors (Lipinski definition) is 5. The van der Waals surface area contributed by atoms with Crippen LogP contribution >= 0.6 is 0 Å².